The third-order valence-electron chi connectivity index (χ3n) is 13.5. The van der Waals surface area contributed by atoms with Gasteiger partial charge in [0.2, 0.25) is 0 Å². The molecule has 22 heteroatoms. The molecule has 412 valence electrons. The van der Waals surface area contributed by atoms with Crippen molar-refractivity contribution in [2.75, 3.05) is 13.2 Å². The van der Waals surface area contributed by atoms with E-state index in [1.165, 1.54) is 13.0 Å². The highest BCUT2D eigenvalue weighted by Gasteiger charge is 2.51. The summed E-state index contributed by atoms with van der Waals surface area (Å²) >= 11 is 0. The molecular formula is C51H79N3O19. The third-order valence-corrected chi connectivity index (χ3v) is 13.5. The van der Waals surface area contributed by atoms with Gasteiger partial charge in [0.15, 0.2) is 17.6 Å². The van der Waals surface area contributed by atoms with E-state index in [2.05, 4.69) is 10.6 Å². The fourth-order valence-corrected chi connectivity index (χ4v) is 8.79. The van der Waals surface area contributed by atoms with Gasteiger partial charge in [-0.3, -0.25) is 4.79 Å². The lowest BCUT2D eigenvalue weighted by Gasteiger charge is -2.47. The Labute approximate surface area is 425 Å². The maximum absolute atomic E-state index is 13.4. The molecule has 2 bridgehead atoms. The Kier molecular flexibility index (Phi) is 24.5. The van der Waals surface area contributed by atoms with Gasteiger partial charge in [-0.25, -0.2) is 9.59 Å². The van der Waals surface area contributed by atoms with Gasteiger partial charge in [-0.2, -0.15) is 0 Å². The normalized spacial score (nSPS) is 43.3. The largest absolute Gasteiger partial charge is 0.479 e. The second-order valence-electron chi connectivity index (χ2n) is 19.7. The predicted octanol–water partition coefficient (Wildman–Crippen LogP) is -0.468. The quantitative estimate of drug-likeness (QED) is 0.155. The summed E-state index contributed by atoms with van der Waals surface area (Å²) < 4.78 is 28.7. The summed E-state index contributed by atoms with van der Waals surface area (Å²) in [5.74, 6) is -5.24. The highest BCUT2D eigenvalue weighted by molar-refractivity contribution is 5.87. The van der Waals surface area contributed by atoms with Gasteiger partial charge < -0.3 is 96.2 Å². The topological polar surface area (TPSA) is 370 Å². The number of hydrogen-bond donors (Lipinski definition) is 14. The number of carbonyl (C=O) groups excluding carboxylic acids is 2. The molecule has 4 aliphatic heterocycles. The second kappa shape index (κ2) is 29.2. The molecule has 0 aromatic rings. The number of carbonyl (C=O) groups is 3. The molecule has 0 aliphatic carbocycles. The Morgan fingerprint density at radius 2 is 1.27 bits per heavy atom. The molecule has 3 saturated heterocycles. The maximum Gasteiger partial charge on any atom is 0.334 e. The molecule has 4 heterocycles. The van der Waals surface area contributed by atoms with Crippen LogP contribution in [0.4, 0.5) is 4.79 Å². The number of ether oxygens (including phenoxy) is 5. The first-order valence-electron chi connectivity index (χ1n) is 24.8. The van der Waals surface area contributed by atoms with E-state index in [0.717, 1.165) is 0 Å². The van der Waals surface area contributed by atoms with Crippen molar-refractivity contribution >= 4 is 18.0 Å². The van der Waals surface area contributed by atoms with Gasteiger partial charge in [0, 0.05) is 37.5 Å². The number of nitrogens with two attached hydrogens (primary N) is 1. The lowest BCUT2D eigenvalue weighted by atomic mass is 9.87. The van der Waals surface area contributed by atoms with Gasteiger partial charge in [0.1, 0.15) is 12.2 Å². The smallest absolute Gasteiger partial charge is 0.334 e. The van der Waals surface area contributed by atoms with Crippen LogP contribution in [0.3, 0.4) is 0 Å². The standard InChI is InChI=1S/C51H79N3O19/c1-29-17-15-13-11-9-7-5-6-8-10-12-14-16-18-36(72-47-46(64)42(52)45(63)32(4)71-47)24-40-43(53-49(67)54-50(48(65)66)27-69-28-50)39(60)26-51(68,73-40)25-35(57)22-38(59)37(58)20-19-33(55)21-34(56)23-41(61)70-31(3)30(2)44(29)62/h5-18,29-40,42-47,55-60,62-64,68H,19-28,52H2,1-4H3,(H,65,66)(H2,53,54,67)/b6-5+,9-7+,10-8+,13-11+,14-12+,17-15+,18-16+/t29-,30-,31-,32+,33+,34+,35-,36-,37+,38+,39-,40-,42-,43+,44+,45+,46-,47-,51+/m0/s1. The number of nitrogens with one attached hydrogen (secondary N) is 2. The maximum atomic E-state index is 13.4. The van der Waals surface area contributed by atoms with Crippen LogP contribution in [0, 0.1) is 11.8 Å². The molecule has 0 aromatic heterocycles. The molecule has 0 aromatic carbocycles. The average Bonchev–Trinajstić information content (AvgIpc) is 3.30. The van der Waals surface area contributed by atoms with Crippen molar-refractivity contribution in [3.63, 3.8) is 0 Å². The van der Waals surface area contributed by atoms with Crippen LogP contribution in [0.25, 0.3) is 0 Å². The van der Waals surface area contributed by atoms with Crippen molar-refractivity contribution in [3.05, 3.63) is 85.1 Å². The second-order valence-corrected chi connectivity index (χ2v) is 19.7. The summed E-state index contributed by atoms with van der Waals surface area (Å²) in [7, 11) is 0. The summed E-state index contributed by atoms with van der Waals surface area (Å²) in [5.41, 5.74) is 4.33. The Bertz CT molecular complexity index is 1960. The Hall–Kier alpha value is -4.21. The van der Waals surface area contributed by atoms with E-state index in [4.69, 9.17) is 29.4 Å². The number of carboxylic acid groups (broad SMARTS) is 1. The number of cyclic esters (lactones) is 1. The van der Waals surface area contributed by atoms with Crippen LogP contribution in [0.15, 0.2) is 85.1 Å². The Morgan fingerprint density at radius 3 is 1.85 bits per heavy atom. The summed E-state index contributed by atoms with van der Waals surface area (Å²) in [4.78, 5) is 38.1. The van der Waals surface area contributed by atoms with Gasteiger partial charge in [-0.1, -0.05) is 98.9 Å². The van der Waals surface area contributed by atoms with E-state index in [1.807, 2.05) is 13.0 Å². The van der Waals surface area contributed by atoms with Crippen LogP contribution in [0.1, 0.15) is 79.1 Å². The van der Waals surface area contributed by atoms with Gasteiger partial charge in [-0.05, 0) is 33.1 Å². The first kappa shape index (κ1) is 61.3. The van der Waals surface area contributed by atoms with Gasteiger partial charge in [0.05, 0.1) is 98.9 Å². The fraction of sp³-hybridized carbons (Fsp3) is 0.667. The molecule has 0 spiro atoms. The number of esters is 1. The minimum atomic E-state index is -2.36. The van der Waals surface area contributed by atoms with E-state index >= 15 is 0 Å². The number of aliphatic hydroxyl groups excluding tert-OH is 9. The summed E-state index contributed by atoms with van der Waals surface area (Å²) in [6.07, 6.45) is 3.08. The SMILES string of the molecule is C[C@@H]1[C@H](O)[C@@H](C)/C=C/C=C/C=C/C=C/C=C/C=C/C=C/[C@H](O[C@@H]2O[C@H](C)[C@@H](O)[C@H](N)[C@@H]2O)C[C@@H]2O[C@](O)(C[C@@H](O)C[C@@H](O)[C@H](O)CC[C@@H](O)C[C@@H](O)CC(=O)O[C@H]1C)C[C@H](O)[C@H]2NC(=O)NC1(C(=O)O)COC1. The fourth-order valence-electron chi connectivity index (χ4n) is 8.79. The molecule has 3 fully saturated rings. The zero-order valence-electron chi connectivity index (χ0n) is 41.8. The molecule has 4 rings (SSSR count). The third kappa shape index (κ3) is 19.1. The van der Waals surface area contributed by atoms with E-state index < -0.39 is 159 Å². The van der Waals surface area contributed by atoms with Crippen molar-refractivity contribution in [2.24, 2.45) is 17.6 Å². The molecule has 0 unspecified atom stereocenters. The highest BCUT2D eigenvalue weighted by atomic mass is 16.7. The van der Waals surface area contributed by atoms with Crippen molar-refractivity contribution in [3.8, 4) is 0 Å². The van der Waals surface area contributed by atoms with E-state index in [1.54, 1.807) is 86.8 Å². The number of hydrogen-bond acceptors (Lipinski definition) is 19. The van der Waals surface area contributed by atoms with Crippen LogP contribution >= 0.6 is 0 Å². The molecule has 22 nitrogen and oxygen atoms in total. The molecule has 19 atom stereocenters. The number of fused-ring (bicyclic) bond motifs is 2. The number of amides is 2. The molecule has 2 amide bonds. The van der Waals surface area contributed by atoms with Gasteiger partial charge in [-0.15, -0.1) is 0 Å². The van der Waals surface area contributed by atoms with E-state index in [0.29, 0.717) is 0 Å². The lowest BCUT2D eigenvalue weighted by molar-refractivity contribution is -0.303. The summed E-state index contributed by atoms with van der Waals surface area (Å²) in [6.45, 7) is 6.06. The van der Waals surface area contributed by atoms with Gasteiger partial charge >= 0.3 is 18.0 Å². The minimum absolute atomic E-state index is 0.129. The monoisotopic (exact) mass is 1040 g/mol. The average molecular weight is 1040 g/mol. The zero-order valence-corrected chi connectivity index (χ0v) is 41.8. The van der Waals surface area contributed by atoms with Crippen LogP contribution in [0.5, 0.6) is 0 Å². The van der Waals surface area contributed by atoms with Gasteiger partial charge in [0.25, 0.3) is 0 Å². The number of rotatable bonds is 5. The number of allylic oxidation sites excluding steroid dienone is 12. The van der Waals surface area contributed by atoms with Crippen LogP contribution in [0.2, 0.25) is 0 Å². The number of aliphatic carboxylic acids is 1. The molecule has 0 saturated carbocycles. The molecule has 73 heavy (non-hydrogen) atoms. The molecular weight excluding hydrogens is 959 g/mol. The van der Waals surface area contributed by atoms with Crippen LogP contribution in [-0.4, -0.2) is 196 Å². The number of urea groups is 1. The van der Waals surface area contributed by atoms with Crippen molar-refractivity contribution in [2.45, 2.75) is 188 Å². The molecule has 4 aliphatic rings. The predicted molar refractivity (Wildman–Crippen MR) is 263 cm³/mol. The van der Waals surface area contributed by atoms with Crippen molar-refractivity contribution < 1.29 is 94.2 Å². The molecule has 15 N–H and O–H groups in total. The van der Waals surface area contributed by atoms with Crippen molar-refractivity contribution in [1.82, 2.24) is 10.6 Å². The number of aliphatic hydroxyl groups is 10. The minimum Gasteiger partial charge on any atom is -0.479 e. The summed E-state index contributed by atoms with van der Waals surface area (Å²) in [5, 5.41) is 125. The highest BCUT2D eigenvalue weighted by Crippen LogP contribution is 2.35. The first-order valence-corrected chi connectivity index (χ1v) is 24.8. The van der Waals surface area contributed by atoms with Crippen molar-refractivity contribution in [1.29, 1.82) is 0 Å². The summed E-state index contributed by atoms with van der Waals surface area (Å²) in [6, 6.07) is -3.59. The van der Waals surface area contributed by atoms with Crippen LogP contribution in [-0.2, 0) is 33.3 Å². The van der Waals surface area contributed by atoms with E-state index in [-0.39, 0.29) is 44.8 Å². The van der Waals surface area contributed by atoms with Crippen LogP contribution < -0.4 is 16.4 Å². The molecule has 0 radical (unpaired) electrons. The first-order chi connectivity index (χ1) is 34.4. The lowest BCUT2D eigenvalue weighted by Crippen LogP contribution is -2.70. The Morgan fingerprint density at radius 1 is 0.685 bits per heavy atom. The van der Waals surface area contributed by atoms with E-state index in [9.17, 15) is 70.6 Å². The zero-order chi connectivity index (χ0) is 54.0. The Balaban J connectivity index is 1.61. The number of carboxylic acids is 1.